The van der Waals surface area contributed by atoms with Crippen LogP contribution in [0.1, 0.15) is 44.6 Å². The summed E-state index contributed by atoms with van der Waals surface area (Å²) < 4.78 is 1.00. The van der Waals surface area contributed by atoms with Gasteiger partial charge in [-0.05, 0) is 37.5 Å². The molecule has 1 aromatic rings. The summed E-state index contributed by atoms with van der Waals surface area (Å²) in [5, 5.41) is 11.1. The molecule has 1 atom stereocenters. The van der Waals surface area contributed by atoms with E-state index in [1.165, 1.54) is 19.3 Å². The summed E-state index contributed by atoms with van der Waals surface area (Å²) in [6, 6.07) is 7.96. The largest absolute Gasteiger partial charge is 0.385 e. The average Bonchev–Trinajstić information content (AvgIpc) is 2.39. The Morgan fingerprint density at radius 3 is 2.56 bits per heavy atom. The summed E-state index contributed by atoms with van der Waals surface area (Å²) in [6.07, 6.45) is 5.63. The molecular weight excluding hydrogens is 290 g/mol. The Labute approximate surface area is 118 Å². The Bertz CT molecular complexity index is 411. The lowest BCUT2D eigenvalue weighted by Gasteiger charge is -2.47. The molecule has 1 unspecified atom stereocenters. The van der Waals surface area contributed by atoms with Gasteiger partial charge < -0.3 is 10.8 Å². The van der Waals surface area contributed by atoms with E-state index >= 15 is 0 Å². The van der Waals surface area contributed by atoms with Crippen LogP contribution in [0.3, 0.4) is 0 Å². The van der Waals surface area contributed by atoms with Crippen molar-refractivity contribution in [1.29, 1.82) is 0 Å². The lowest BCUT2D eigenvalue weighted by molar-refractivity contribution is -0.0919. The summed E-state index contributed by atoms with van der Waals surface area (Å²) in [4.78, 5) is 0. The van der Waals surface area contributed by atoms with E-state index in [0.717, 1.165) is 22.9 Å². The van der Waals surface area contributed by atoms with Gasteiger partial charge in [0.05, 0.1) is 5.60 Å². The highest BCUT2D eigenvalue weighted by Gasteiger charge is 2.47. The first-order valence-electron chi connectivity index (χ1n) is 6.70. The van der Waals surface area contributed by atoms with Gasteiger partial charge in [0.15, 0.2) is 0 Å². The predicted octanol–water partition coefficient (Wildman–Crippen LogP) is 3.57. The fourth-order valence-corrected chi connectivity index (χ4v) is 3.61. The smallest absolute Gasteiger partial charge is 0.0936 e. The number of aliphatic hydroxyl groups is 1. The van der Waals surface area contributed by atoms with Crippen LogP contribution in [0.5, 0.6) is 0 Å². The number of benzene rings is 1. The van der Waals surface area contributed by atoms with E-state index in [0.29, 0.717) is 6.54 Å². The summed E-state index contributed by atoms with van der Waals surface area (Å²) >= 11 is 3.48. The lowest BCUT2D eigenvalue weighted by Crippen LogP contribution is -2.49. The van der Waals surface area contributed by atoms with Crippen molar-refractivity contribution >= 4 is 15.9 Å². The minimum absolute atomic E-state index is 0.175. The van der Waals surface area contributed by atoms with Crippen LogP contribution in [-0.4, -0.2) is 11.7 Å². The van der Waals surface area contributed by atoms with Crippen LogP contribution in [0.25, 0.3) is 0 Å². The number of hydrogen-bond donors (Lipinski definition) is 2. The van der Waals surface area contributed by atoms with E-state index in [2.05, 4.69) is 15.9 Å². The Kier molecular flexibility index (Phi) is 4.15. The van der Waals surface area contributed by atoms with Gasteiger partial charge in [0.1, 0.15) is 0 Å². The third kappa shape index (κ3) is 2.36. The molecule has 1 aromatic carbocycles. The molecule has 0 amide bonds. The van der Waals surface area contributed by atoms with Gasteiger partial charge in [-0.2, -0.15) is 0 Å². The van der Waals surface area contributed by atoms with E-state index < -0.39 is 5.60 Å². The molecule has 0 aromatic heterocycles. The van der Waals surface area contributed by atoms with Gasteiger partial charge in [-0.15, -0.1) is 0 Å². The molecule has 0 radical (unpaired) electrons. The van der Waals surface area contributed by atoms with Crippen LogP contribution in [-0.2, 0) is 5.60 Å². The zero-order valence-corrected chi connectivity index (χ0v) is 12.5. The SMILES string of the molecule is CC(O)(c1cccc(Br)c1)C1(CN)CCCCC1. The zero-order chi connectivity index (χ0) is 13.2. The zero-order valence-electron chi connectivity index (χ0n) is 11.0. The molecule has 1 saturated carbocycles. The second-order valence-electron chi connectivity index (χ2n) is 5.63. The molecule has 18 heavy (non-hydrogen) atoms. The van der Waals surface area contributed by atoms with Crippen LogP contribution in [0.15, 0.2) is 28.7 Å². The van der Waals surface area contributed by atoms with Crippen molar-refractivity contribution in [1.82, 2.24) is 0 Å². The molecule has 0 spiro atoms. The highest BCUT2D eigenvalue weighted by molar-refractivity contribution is 9.10. The Balaban J connectivity index is 2.38. The first-order chi connectivity index (χ1) is 8.52. The minimum Gasteiger partial charge on any atom is -0.385 e. The Hall–Kier alpha value is -0.380. The topological polar surface area (TPSA) is 46.2 Å². The first kappa shape index (κ1) is 14.0. The summed E-state index contributed by atoms with van der Waals surface area (Å²) in [7, 11) is 0. The quantitative estimate of drug-likeness (QED) is 0.896. The van der Waals surface area contributed by atoms with Gasteiger partial charge in [0.25, 0.3) is 0 Å². The first-order valence-corrected chi connectivity index (χ1v) is 7.50. The monoisotopic (exact) mass is 311 g/mol. The van der Waals surface area contributed by atoms with Gasteiger partial charge in [-0.1, -0.05) is 47.3 Å². The minimum atomic E-state index is -0.855. The highest BCUT2D eigenvalue weighted by atomic mass is 79.9. The van der Waals surface area contributed by atoms with E-state index in [4.69, 9.17) is 5.73 Å². The van der Waals surface area contributed by atoms with Crippen molar-refractivity contribution < 1.29 is 5.11 Å². The summed E-state index contributed by atoms with van der Waals surface area (Å²) in [5.74, 6) is 0. The molecule has 0 heterocycles. The number of nitrogens with two attached hydrogens (primary N) is 1. The van der Waals surface area contributed by atoms with Gasteiger partial charge in [0, 0.05) is 16.4 Å². The van der Waals surface area contributed by atoms with E-state index in [9.17, 15) is 5.11 Å². The molecular formula is C15H22BrNO. The van der Waals surface area contributed by atoms with Gasteiger partial charge in [-0.3, -0.25) is 0 Å². The van der Waals surface area contributed by atoms with Gasteiger partial charge in [0.2, 0.25) is 0 Å². The normalized spacial score (nSPS) is 22.4. The van der Waals surface area contributed by atoms with Crippen molar-refractivity contribution in [2.24, 2.45) is 11.1 Å². The maximum atomic E-state index is 11.1. The number of hydrogen-bond acceptors (Lipinski definition) is 2. The van der Waals surface area contributed by atoms with Crippen LogP contribution >= 0.6 is 15.9 Å². The third-order valence-electron chi connectivity index (χ3n) is 4.62. The number of halogens is 1. The van der Waals surface area contributed by atoms with Crippen molar-refractivity contribution in [3.05, 3.63) is 34.3 Å². The highest BCUT2D eigenvalue weighted by Crippen LogP contribution is 2.49. The Morgan fingerprint density at radius 1 is 1.33 bits per heavy atom. The molecule has 100 valence electrons. The van der Waals surface area contributed by atoms with E-state index in [-0.39, 0.29) is 5.41 Å². The van der Waals surface area contributed by atoms with E-state index in [1.54, 1.807) is 0 Å². The maximum absolute atomic E-state index is 11.1. The van der Waals surface area contributed by atoms with Gasteiger partial charge in [-0.25, -0.2) is 0 Å². The van der Waals surface area contributed by atoms with Crippen molar-refractivity contribution in [2.45, 2.75) is 44.6 Å². The lowest BCUT2D eigenvalue weighted by atomic mass is 9.61. The van der Waals surface area contributed by atoms with Crippen LogP contribution in [0.4, 0.5) is 0 Å². The van der Waals surface area contributed by atoms with Crippen molar-refractivity contribution in [2.75, 3.05) is 6.54 Å². The molecule has 3 N–H and O–H groups in total. The van der Waals surface area contributed by atoms with Gasteiger partial charge >= 0.3 is 0 Å². The fourth-order valence-electron chi connectivity index (χ4n) is 3.22. The van der Waals surface area contributed by atoms with E-state index in [1.807, 2.05) is 31.2 Å². The molecule has 1 fully saturated rings. The molecule has 2 nitrogen and oxygen atoms in total. The molecule has 0 saturated heterocycles. The molecule has 0 aliphatic heterocycles. The predicted molar refractivity (Wildman–Crippen MR) is 78.3 cm³/mol. The fraction of sp³-hybridized carbons (Fsp3) is 0.600. The van der Waals surface area contributed by atoms with Crippen LogP contribution < -0.4 is 5.73 Å². The summed E-state index contributed by atoms with van der Waals surface area (Å²) in [6.45, 7) is 2.47. The maximum Gasteiger partial charge on any atom is 0.0936 e. The Morgan fingerprint density at radius 2 is 2.00 bits per heavy atom. The van der Waals surface area contributed by atoms with Crippen LogP contribution in [0.2, 0.25) is 0 Å². The summed E-state index contributed by atoms with van der Waals surface area (Å²) in [5.41, 5.74) is 5.96. The van der Waals surface area contributed by atoms with Crippen molar-refractivity contribution in [3.8, 4) is 0 Å². The van der Waals surface area contributed by atoms with Crippen molar-refractivity contribution in [3.63, 3.8) is 0 Å². The second-order valence-corrected chi connectivity index (χ2v) is 6.54. The molecule has 1 aliphatic carbocycles. The number of rotatable bonds is 3. The second kappa shape index (κ2) is 5.32. The standard InChI is InChI=1S/C15H22BrNO/c1-14(18,12-6-5-7-13(16)10-12)15(11-17)8-3-2-4-9-15/h5-7,10,18H,2-4,8-9,11,17H2,1H3. The molecule has 3 heteroatoms. The third-order valence-corrected chi connectivity index (χ3v) is 5.11. The molecule has 0 bridgehead atoms. The van der Waals surface area contributed by atoms with Crippen LogP contribution in [0, 0.1) is 5.41 Å². The average molecular weight is 312 g/mol. The molecule has 1 aliphatic rings. The molecule has 2 rings (SSSR count).